The third-order valence-corrected chi connectivity index (χ3v) is 3.60. The second-order valence-electron chi connectivity index (χ2n) is 5.71. The second-order valence-corrected chi connectivity index (χ2v) is 5.71. The van der Waals surface area contributed by atoms with Crippen LogP contribution in [0.1, 0.15) is 49.3 Å². The van der Waals surface area contributed by atoms with Crippen LogP contribution in [0, 0.1) is 12.8 Å². The van der Waals surface area contributed by atoms with E-state index in [9.17, 15) is 4.79 Å². The summed E-state index contributed by atoms with van der Waals surface area (Å²) in [5, 5.41) is 9.09. The van der Waals surface area contributed by atoms with Crippen molar-refractivity contribution in [3.63, 3.8) is 0 Å². The van der Waals surface area contributed by atoms with Crippen molar-refractivity contribution in [3.05, 3.63) is 29.6 Å². The lowest BCUT2D eigenvalue weighted by molar-refractivity contribution is 0.0697. The van der Waals surface area contributed by atoms with E-state index in [1.54, 1.807) is 18.2 Å². The van der Waals surface area contributed by atoms with Crippen molar-refractivity contribution in [1.82, 2.24) is 9.55 Å². The third kappa shape index (κ3) is 3.18. The Morgan fingerprint density at radius 1 is 1.35 bits per heavy atom. The number of imidazole rings is 1. The summed E-state index contributed by atoms with van der Waals surface area (Å²) in [4.78, 5) is 15.6. The van der Waals surface area contributed by atoms with Crippen LogP contribution in [-0.4, -0.2) is 20.6 Å². The van der Waals surface area contributed by atoms with E-state index in [4.69, 9.17) is 5.11 Å². The zero-order valence-electron chi connectivity index (χ0n) is 12.4. The van der Waals surface area contributed by atoms with E-state index < -0.39 is 5.97 Å². The van der Waals surface area contributed by atoms with Gasteiger partial charge in [-0.05, 0) is 37.5 Å². The van der Waals surface area contributed by atoms with Crippen LogP contribution in [0.3, 0.4) is 0 Å². The fourth-order valence-corrected chi connectivity index (χ4v) is 2.48. The summed E-state index contributed by atoms with van der Waals surface area (Å²) in [5.74, 6) is 0.790. The molecule has 20 heavy (non-hydrogen) atoms. The summed E-state index contributed by atoms with van der Waals surface area (Å²) in [5.41, 5.74) is 2.11. The van der Waals surface area contributed by atoms with Gasteiger partial charge in [0.15, 0.2) is 0 Å². The highest BCUT2D eigenvalue weighted by Gasteiger charge is 2.10. The molecule has 0 atom stereocenters. The van der Waals surface area contributed by atoms with Gasteiger partial charge in [-0.25, -0.2) is 9.78 Å². The van der Waals surface area contributed by atoms with Gasteiger partial charge in [0.05, 0.1) is 16.6 Å². The number of benzene rings is 1. The summed E-state index contributed by atoms with van der Waals surface area (Å²) in [7, 11) is 0. The Morgan fingerprint density at radius 3 is 2.75 bits per heavy atom. The summed E-state index contributed by atoms with van der Waals surface area (Å²) < 4.78 is 2.13. The number of unbranched alkanes of at least 4 members (excludes halogenated alkanes) is 1. The first-order chi connectivity index (χ1) is 9.49. The summed E-state index contributed by atoms with van der Waals surface area (Å²) in [6.45, 7) is 7.34. The number of nitrogens with zero attached hydrogens (tertiary/aromatic N) is 2. The molecule has 0 amide bonds. The minimum Gasteiger partial charge on any atom is -0.478 e. The lowest BCUT2D eigenvalue weighted by Gasteiger charge is -2.08. The Balaban J connectivity index is 2.20. The van der Waals surface area contributed by atoms with Crippen LogP contribution >= 0.6 is 0 Å². The van der Waals surface area contributed by atoms with Crippen LogP contribution in [0.15, 0.2) is 18.2 Å². The van der Waals surface area contributed by atoms with Gasteiger partial charge in [0.1, 0.15) is 5.82 Å². The maximum absolute atomic E-state index is 11.1. The summed E-state index contributed by atoms with van der Waals surface area (Å²) in [6, 6.07) is 5.12. The highest BCUT2D eigenvalue weighted by atomic mass is 16.4. The van der Waals surface area contributed by atoms with Crippen molar-refractivity contribution in [2.24, 2.45) is 5.92 Å². The highest BCUT2D eigenvalue weighted by molar-refractivity contribution is 5.92. The predicted octanol–water partition coefficient (Wildman–Crippen LogP) is 3.87. The summed E-state index contributed by atoms with van der Waals surface area (Å²) in [6.07, 6.45) is 3.52. The quantitative estimate of drug-likeness (QED) is 0.813. The molecule has 2 rings (SSSR count). The fourth-order valence-electron chi connectivity index (χ4n) is 2.48. The molecule has 2 aromatic rings. The van der Waals surface area contributed by atoms with Crippen molar-refractivity contribution in [3.8, 4) is 0 Å². The lowest BCUT2D eigenvalue weighted by Crippen LogP contribution is -2.02. The molecule has 0 aliphatic carbocycles. The van der Waals surface area contributed by atoms with Gasteiger partial charge in [-0.1, -0.05) is 26.7 Å². The number of aromatic carboxylic acids is 1. The maximum atomic E-state index is 11.1. The molecule has 1 heterocycles. The molecule has 0 fully saturated rings. The number of carbonyl (C=O) groups is 1. The van der Waals surface area contributed by atoms with Crippen molar-refractivity contribution in [1.29, 1.82) is 0 Å². The molecule has 0 saturated heterocycles. The third-order valence-electron chi connectivity index (χ3n) is 3.60. The second kappa shape index (κ2) is 6.07. The van der Waals surface area contributed by atoms with Crippen LogP contribution in [-0.2, 0) is 6.54 Å². The monoisotopic (exact) mass is 274 g/mol. The molecule has 0 unspecified atom stereocenters. The number of carboxylic acid groups (broad SMARTS) is 1. The van der Waals surface area contributed by atoms with Crippen LogP contribution in [0.4, 0.5) is 0 Å². The Kier molecular flexibility index (Phi) is 4.42. The van der Waals surface area contributed by atoms with Gasteiger partial charge in [0, 0.05) is 6.54 Å². The van der Waals surface area contributed by atoms with Crippen molar-refractivity contribution in [2.45, 2.75) is 46.6 Å². The molecular weight excluding hydrogens is 252 g/mol. The molecular formula is C16H22N2O2. The smallest absolute Gasteiger partial charge is 0.335 e. The molecule has 4 nitrogen and oxygen atoms in total. The van der Waals surface area contributed by atoms with E-state index in [-0.39, 0.29) is 0 Å². The van der Waals surface area contributed by atoms with Crippen molar-refractivity contribution in [2.75, 3.05) is 0 Å². The minimum absolute atomic E-state index is 0.320. The van der Waals surface area contributed by atoms with Crippen molar-refractivity contribution < 1.29 is 9.90 Å². The molecule has 108 valence electrons. The van der Waals surface area contributed by atoms with Gasteiger partial charge in [0.25, 0.3) is 0 Å². The first-order valence-corrected chi connectivity index (χ1v) is 7.19. The normalized spacial score (nSPS) is 11.4. The largest absolute Gasteiger partial charge is 0.478 e. The van der Waals surface area contributed by atoms with E-state index in [1.807, 2.05) is 6.92 Å². The molecule has 0 aliphatic heterocycles. The van der Waals surface area contributed by atoms with Gasteiger partial charge in [0.2, 0.25) is 0 Å². The standard InChI is InChI=1S/C16H22N2O2/c1-11(2)6-4-5-9-18-12(3)17-14-8-7-13(16(19)20)10-15(14)18/h7-8,10-11H,4-6,9H2,1-3H3,(H,19,20). The lowest BCUT2D eigenvalue weighted by atomic mass is 10.1. The SMILES string of the molecule is Cc1nc2ccc(C(=O)O)cc2n1CCCCC(C)C. The molecule has 0 spiro atoms. The number of rotatable bonds is 6. The first kappa shape index (κ1) is 14.6. The van der Waals surface area contributed by atoms with Gasteiger partial charge < -0.3 is 9.67 Å². The average Bonchev–Trinajstić information content (AvgIpc) is 2.69. The van der Waals surface area contributed by atoms with Gasteiger partial charge >= 0.3 is 5.97 Å². The molecule has 1 N–H and O–H groups in total. The van der Waals surface area contributed by atoms with Gasteiger partial charge in [-0.15, -0.1) is 0 Å². The average molecular weight is 274 g/mol. The fraction of sp³-hybridized carbons (Fsp3) is 0.500. The topological polar surface area (TPSA) is 55.1 Å². The Hall–Kier alpha value is -1.84. The number of fused-ring (bicyclic) bond motifs is 1. The van der Waals surface area contributed by atoms with E-state index >= 15 is 0 Å². The molecule has 0 aliphatic rings. The summed E-state index contributed by atoms with van der Waals surface area (Å²) >= 11 is 0. The molecule has 0 saturated carbocycles. The maximum Gasteiger partial charge on any atom is 0.335 e. The molecule has 1 aromatic heterocycles. The van der Waals surface area contributed by atoms with Gasteiger partial charge in [-0.2, -0.15) is 0 Å². The van der Waals surface area contributed by atoms with Crippen LogP contribution in [0.5, 0.6) is 0 Å². The van der Waals surface area contributed by atoms with Crippen molar-refractivity contribution >= 4 is 17.0 Å². The Labute approximate surface area is 119 Å². The van der Waals surface area contributed by atoms with Crippen LogP contribution in [0.25, 0.3) is 11.0 Å². The minimum atomic E-state index is -0.892. The van der Waals surface area contributed by atoms with E-state index in [0.29, 0.717) is 5.56 Å². The number of aryl methyl sites for hydroxylation is 2. The van der Waals surface area contributed by atoms with Crippen LogP contribution < -0.4 is 0 Å². The number of carboxylic acids is 1. The first-order valence-electron chi connectivity index (χ1n) is 7.19. The Morgan fingerprint density at radius 2 is 2.10 bits per heavy atom. The van der Waals surface area contributed by atoms with E-state index in [0.717, 1.165) is 35.7 Å². The van der Waals surface area contributed by atoms with E-state index in [1.165, 1.54) is 12.8 Å². The van der Waals surface area contributed by atoms with Gasteiger partial charge in [-0.3, -0.25) is 0 Å². The number of aromatic nitrogens is 2. The predicted molar refractivity (Wildman–Crippen MR) is 80.1 cm³/mol. The molecule has 0 bridgehead atoms. The highest BCUT2D eigenvalue weighted by Crippen LogP contribution is 2.19. The molecule has 0 radical (unpaired) electrons. The van der Waals surface area contributed by atoms with Crippen LogP contribution in [0.2, 0.25) is 0 Å². The molecule has 4 heteroatoms. The number of hydrogen-bond donors (Lipinski definition) is 1. The zero-order valence-corrected chi connectivity index (χ0v) is 12.4. The number of hydrogen-bond acceptors (Lipinski definition) is 2. The van der Waals surface area contributed by atoms with E-state index in [2.05, 4.69) is 23.4 Å². The molecule has 1 aromatic carbocycles. The Bertz CT molecular complexity index is 614. The zero-order chi connectivity index (χ0) is 14.7.